The number of pyridine rings is 2. The molecule has 0 aliphatic carbocycles. The number of hydrazone groups is 1. The van der Waals surface area contributed by atoms with Crippen molar-refractivity contribution >= 4 is 23.5 Å². The summed E-state index contributed by atoms with van der Waals surface area (Å²) >= 11 is 0. The predicted octanol–water partition coefficient (Wildman–Crippen LogP) is -0.248. The van der Waals surface area contributed by atoms with Gasteiger partial charge in [-0.1, -0.05) is 6.07 Å². The normalized spacial score (nSPS) is 16.4. The van der Waals surface area contributed by atoms with Crippen LogP contribution in [0.4, 0.5) is 5.82 Å². The first-order valence-electron chi connectivity index (χ1n) is 10.9. The van der Waals surface area contributed by atoms with Crippen LogP contribution in [-0.4, -0.2) is 72.5 Å². The van der Waals surface area contributed by atoms with E-state index in [0.717, 1.165) is 11.1 Å². The van der Waals surface area contributed by atoms with Crippen LogP contribution >= 0.6 is 0 Å². The summed E-state index contributed by atoms with van der Waals surface area (Å²) in [6.45, 7) is 5.44. The first-order valence-corrected chi connectivity index (χ1v) is 10.9. The second-order valence-electron chi connectivity index (χ2n) is 8.80. The zero-order valence-electron chi connectivity index (χ0n) is 19.2. The largest absolute Gasteiger partial charge is 0.394 e. The second kappa shape index (κ2) is 9.33. The number of nitrogens with zero attached hydrogens (tertiary/aromatic N) is 5. The quantitative estimate of drug-likeness (QED) is 0.386. The summed E-state index contributed by atoms with van der Waals surface area (Å²) < 4.78 is 0. The number of aromatic nitrogens is 2. The Morgan fingerprint density at radius 1 is 1.29 bits per heavy atom. The minimum atomic E-state index is -1.46. The summed E-state index contributed by atoms with van der Waals surface area (Å²) in [6.07, 6.45) is 2.25. The molecule has 34 heavy (non-hydrogen) atoms. The number of hydrogen-bond donors (Lipinski definition) is 5. The molecule has 5 N–H and O–H groups in total. The van der Waals surface area contributed by atoms with Gasteiger partial charge in [0.1, 0.15) is 22.8 Å². The van der Waals surface area contributed by atoms with E-state index in [9.17, 15) is 19.8 Å². The van der Waals surface area contributed by atoms with Gasteiger partial charge in [0.15, 0.2) is 5.84 Å². The van der Waals surface area contributed by atoms with E-state index in [1.54, 1.807) is 40.4 Å². The van der Waals surface area contributed by atoms with Crippen LogP contribution in [0.1, 0.15) is 48.1 Å². The SMILES string of the molecule is CC(CO)N1NNN=C1c1cccc(NC(=O)c2cc3c(cn2)CCN(C(=O)C(C)(C)O)C3)n1. The maximum atomic E-state index is 12.9. The first-order chi connectivity index (χ1) is 16.2. The number of anilines is 1. The molecule has 2 amide bonds. The molecule has 2 aromatic heterocycles. The van der Waals surface area contributed by atoms with Gasteiger partial charge in [-0.3, -0.25) is 19.6 Å². The smallest absolute Gasteiger partial charge is 0.275 e. The van der Waals surface area contributed by atoms with Gasteiger partial charge in [-0.25, -0.2) is 10.5 Å². The van der Waals surface area contributed by atoms with E-state index in [-0.39, 0.29) is 24.2 Å². The molecule has 0 spiro atoms. The fraction of sp³-hybridized carbons (Fsp3) is 0.409. The van der Waals surface area contributed by atoms with Crippen molar-refractivity contribution in [3.8, 4) is 0 Å². The Kier molecular flexibility index (Phi) is 6.46. The molecule has 180 valence electrons. The summed E-state index contributed by atoms with van der Waals surface area (Å²) in [5.41, 5.74) is 6.49. The lowest BCUT2D eigenvalue weighted by Gasteiger charge is -2.32. The number of rotatable bonds is 6. The second-order valence-corrected chi connectivity index (χ2v) is 8.80. The molecule has 1 unspecified atom stereocenters. The monoisotopic (exact) mass is 468 g/mol. The Morgan fingerprint density at radius 2 is 2.09 bits per heavy atom. The fourth-order valence-corrected chi connectivity index (χ4v) is 3.75. The van der Waals surface area contributed by atoms with E-state index < -0.39 is 11.5 Å². The number of nitrogens with one attached hydrogen (secondary N) is 3. The van der Waals surface area contributed by atoms with Gasteiger partial charge < -0.3 is 20.4 Å². The molecular weight excluding hydrogens is 440 g/mol. The summed E-state index contributed by atoms with van der Waals surface area (Å²) in [6, 6.07) is 6.54. The molecule has 0 bridgehead atoms. The highest BCUT2D eigenvalue weighted by Crippen LogP contribution is 2.22. The van der Waals surface area contributed by atoms with Crippen molar-refractivity contribution in [1.29, 1.82) is 0 Å². The van der Waals surface area contributed by atoms with E-state index in [1.807, 2.05) is 6.92 Å². The van der Waals surface area contributed by atoms with Crippen molar-refractivity contribution in [2.75, 3.05) is 18.5 Å². The zero-order chi connectivity index (χ0) is 24.5. The van der Waals surface area contributed by atoms with Gasteiger partial charge in [-0.15, -0.1) is 10.6 Å². The Bertz CT molecular complexity index is 1130. The van der Waals surface area contributed by atoms with Gasteiger partial charge in [0, 0.05) is 19.3 Å². The predicted molar refractivity (Wildman–Crippen MR) is 123 cm³/mol. The van der Waals surface area contributed by atoms with Crippen LogP contribution in [0, 0.1) is 0 Å². The molecule has 0 radical (unpaired) electrons. The molecule has 4 heterocycles. The van der Waals surface area contributed by atoms with Crippen molar-refractivity contribution in [2.45, 2.75) is 45.4 Å². The minimum absolute atomic E-state index is 0.0903. The third-order valence-electron chi connectivity index (χ3n) is 5.62. The number of fused-ring (bicyclic) bond motifs is 1. The first kappa shape index (κ1) is 23.5. The summed E-state index contributed by atoms with van der Waals surface area (Å²) in [5.74, 6) is -0.0119. The molecule has 0 saturated heterocycles. The van der Waals surface area contributed by atoms with Crippen molar-refractivity contribution in [1.82, 2.24) is 30.9 Å². The zero-order valence-corrected chi connectivity index (χ0v) is 19.2. The van der Waals surface area contributed by atoms with Crippen molar-refractivity contribution in [2.24, 2.45) is 5.10 Å². The number of hydrogen-bond acceptors (Lipinski definition) is 10. The third-order valence-corrected chi connectivity index (χ3v) is 5.62. The lowest BCUT2D eigenvalue weighted by molar-refractivity contribution is -0.148. The number of amidine groups is 1. The molecule has 0 saturated carbocycles. The van der Waals surface area contributed by atoms with E-state index in [0.29, 0.717) is 36.9 Å². The Hall–Kier alpha value is -3.61. The average molecular weight is 469 g/mol. The standard InChI is InChI=1S/C22H28N8O4/c1-13(12-31)30-19(26-27-28-30)16-5-4-6-18(24-16)25-20(32)17-9-15-11-29(21(33)22(2,3)34)8-7-14(15)10-23-17/h4-6,9-10,13,27-28,31,34H,7-8,11-12H2,1-3H3,(H,24,25,32). The number of carbonyl (C=O) groups excluding carboxylic acids is 2. The van der Waals surface area contributed by atoms with E-state index in [4.69, 9.17) is 0 Å². The Morgan fingerprint density at radius 3 is 2.82 bits per heavy atom. The minimum Gasteiger partial charge on any atom is -0.394 e. The number of hydrazine groups is 2. The van der Waals surface area contributed by atoms with Crippen LogP contribution in [0.25, 0.3) is 0 Å². The summed E-state index contributed by atoms with van der Waals surface area (Å²) in [4.78, 5) is 35.7. The fourth-order valence-electron chi connectivity index (χ4n) is 3.75. The molecule has 0 aromatic carbocycles. The lowest BCUT2D eigenvalue weighted by atomic mass is 9.99. The van der Waals surface area contributed by atoms with Crippen molar-refractivity contribution in [3.63, 3.8) is 0 Å². The Labute approximate surface area is 196 Å². The number of carbonyl (C=O) groups is 2. The van der Waals surface area contributed by atoms with Gasteiger partial charge in [-0.05, 0) is 56.5 Å². The van der Waals surface area contributed by atoms with Gasteiger partial charge in [0.05, 0.1) is 12.6 Å². The molecular formula is C22H28N8O4. The topological polar surface area (TPSA) is 155 Å². The maximum Gasteiger partial charge on any atom is 0.275 e. The van der Waals surface area contributed by atoms with E-state index in [2.05, 4.69) is 31.5 Å². The molecule has 2 aromatic rings. The Balaban J connectivity index is 1.49. The number of amides is 2. The number of aliphatic hydroxyl groups is 2. The van der Waals surface area contributed by atoms with E-state index in [1.165, 1.54) is 13.8 Å². The van der Waals surface area contributed by atoms with Crippen LogP contribution in [0.2, 0.25) is 0 Å². The molecule has 12 nitrogen and oxygen atoms in total. The van der Waals surface area contributed by atoms with Crippen LogP contribution in [-0.2, 0) is 17.8 Å². The third kappa shape index (κ3) is 4.83. The average Bonchev–Trinajstić information content (AvgIpc) is 3.32. The molecule has 12 heteroatoms. The summed E-state index contributed by atoms with van der Waals surface area (Å²) in [7, 11) is 0. The number of aliphatic hydroxyl groups excluding tert-OH is 1. The molecule has 1 atom stereocenters. The van der Waals surface area contributed by atoms with Gasteiger partial charge in [-0.2, -0.15) is 0 Å². The van der Waals surface area contributed by atoms with E-state index >= 15 is 0 Å². The van der Waals surface area contributed by atoms with Crippen LogP contribution in [0.15, 0.2) is 35.6 Å². The highest BCUT2D eigenvalue weighted by Gasteiger charge is 2.32. The molecule has 2 aliphatic heterocycles. The maximum absolute atomic E-state index is 12.9. The molecule has 2 aliphatic rings. The van der Waals surface area contributed by atoms with Crippen LogP contribution in [0.5, 0.6) is 0 Å². The van der Waals surface area contributed by atoms with Gasteiger partial charge >= 0.3 is 0 Å². The van der Waals surface area contributed by atoms with Gasteiger partial charge in [0.2, 0.25) is 0 Å². The van der Waals surface area contributed by atoms with Gasteiger partial charge in [0.25, 0.3) is 11.8 Å². The lowest BCUT2D eigenvalue weighted by Crippen LogP contribution is -2.48. The van der Waals surface area contributed by atoms with Crippen LogP contribution < -0.4 is 16.4 Å². The van der Waals surface area contributed by atoms with Crippen molar-refractivity contribution < 1.29 is 19.8 Å². The van der Waals surface area contributed by atoms with Crippen LogP contribution in [0.3, 0.4) is 0 Å². The highest BCUT2D eigenvalue weighted by molar-refractivity contribution is 6.03. The van der Waals surface area contributed by atoms with Crippen molar-refractivity contribution in [3.05, 3.63) is 53.0 Å². The molecule has 0 fully saturated rings. The molecule has 4 rings (SSSR count). The highest BCUT2D eigenvalue weighted by atomic mass is 16.3. The summed E-state index contributed by atoms with van der Waals surface area (Å²) in [5, 5.41) is 28.0.